The molecule has 1 aliphatic heterocycles. The van der Waals surface area contributed by atoms with Crippen LogP contribution >= 0.6 is 11.6 Å². The number of hydrogen-bond acceptors (Lipinski definition) is 3. The zero-order chi connectivity index (χ0) is 17.3. The molecule has 3 rings (SSSR count). The van der Waals surface area contributed by atoms with E-state index < -0.39 is 0 Å². The number of carbonyl (C=O) groups excluding carboxylic acids is 1. The number of anilines is 1. The lowest BCUT2D eigenvalue weighted by Gasteiger charge is -2.39. The Balaban J connectivity index is 2.15. The molecule has 0 amide bonds. The number of methoxy groups -OCH3 is 1. The van der Waals surface area contributed by atoms with Gasteiger partial charge in [-0.25, -0.2) is 0 Å². The number of rotatable bonds is 3. The van der Waals surface area contributed by atoms with E-state index in [4.69, 9.17) is 16.3 Å². The molecule has 24 heavy (non-hydrogen) atoms. The van der Waals surface area contributed by atoms with Crippen molar-refractivity contribution in [1.82, 2.24) is 0 Å². The fraction of sp³-hybridized carbons (Fsp3) is 0.250. The van der Waals surface area contributed by atoms with Gasteiger partial charge in [0, 0.05) is 22.7 Å². The van der Waals surface area contributed by atoms with E-state index in [1.807, 2.05) is 68.6 Å². The second kappa shape index (κ2) is 6.70. The number of carbonyl (C=O) groups is 1. The number of hydrogen-bond donors (Lipinski definition) is 0. The molecule has 3 nitrogen and oxygen atoms in total. The molecule has 0 aromatic heterocycles. The van der Waals surface area contributed by atoms with Gasteiger partial charge in [0.05, 0.1) is 18.8 Å². The standard InChI is InChI=1S/C20H20ClNO2/c1-13-12-22(17-6-4-5-7-18(17)24-3)19(14(2)20(13)23)15-8-10-16(21)11-9-15/h4-12,14,19H,1-3H3/t14-,19-/m0/s1. The highest BCUT2D eigenvalue weighted by Gasteiger charge is 2.36. The summed E-state index contributed by atoms with van der Waals surface area (Å²) in [5.74, 6) is 0.782. The van der Waals surface area contributed by atoms with Crippen LogP contribution < -0.4 is 9.64 Å². The van der Waals surface area contributed by atoms with Crippen LogP contribution in [0, 0.1) is 5.92 Å². The van der Waals surface area contributed by atoms with Gasteiger partial charge in [-0.3, -0.25) is 4.79 Å². The maximum atomic E-state index is 12.6. The van der Waals surface area contributed by atoms with Gasteiger partial charge in [-0.1, -0.05) is 42.8 Å². The van der Waals surface area contributed by atoms with E-state index in [1.54, 1.807) is 7.11 Å². The topological polar surface area (TPSA) is 29.5 Å². The number of halogens is 1. The summed E-state index contributed by atoms with van der Waals surface area (Å²) in [5.41, 5.74) is 2.74. The van der Waals surface area contributed by atoms with Gasteiger partial charge in [0.25, 0.3) is 0 Å². The molecule has 2 aromatic rings. The molecule has 0 bridgehead atoms. The van der Waals surface area contributed by atoms with Crippen LogP contribution in [-0.4, -0.2) is 12.9 Å². The number of nitrogens with zero attached hydrogens (tertiary/aromatic N) is 1. The van der Waals surface area contributed by atoms with Gasteiger partial charge in [0.1, 0.15) is 5.75 Å². The summed E-state index contributed by atoms with van der Waals surface area (Å²) >= 11 is 6.03. The van der Waals surface area contributed by atoms with Crippen molar-refractivity contribution < 1.29 is 9.53 Å². The summed E-state index contributed by atoms with van der Waals surface area (Å²) in [6, 6.07) is 15.4. The highest BCUT2D eigenvalue weighted by Crippen LogP contribution is 2.42. The fourth-order valence-electron chi connectivity index (χ4n) is 3.27. The number of ether oxygens (including phenoxy) is 1. The summed E-state index contributed by atoms with van der Waals surface area (Å²) in [6.07, 6.45) is 1.92. The van der Waals surface area contributed by atoms with Crippen molar-refractivity contribution in [2.75, 3.05) is 12.0 Å². The quantitative estimate of drug-likeness (QED) is 0.785. The van der Waals surface area contributed by atoms with Crippen LogP contribution in [0.5, 0.6) is 5.75 Å². The Morgan fingerprint density at radius 3 is 2.42 bits per heavy atom. The lowest BCUT2D eigenvalue weighted by atomic mass is 9.84. The van der Waals surface area contributed by atoms with E-state index in [2.05, 4.69) is 4.90 Å². The molecule has 0 aliphatic carbocycles. The van der Waals surface area contributed by atoms with E-state index in [0.29, 0.717) is 5.02 Å². The Labute approximate surface area is 147 Å². The summed E-state index contributed by atoms with van der Waals surface area (Å²) in [6.45, 7) is 3.83. The molecule has 2 atom stereocenters. The molecule has 0 saturated carbocycles. The van der Waals surface area contributed by atoms with E-state index in [1.165, 1.54) is 0 Å². The van der Waals surface area contributed by atoms with Crippen molar-refractivity contribution >= 4 is 23.1 Å². The Morgan fingerprint density at radius 1 is 1.08 bits per heavy atom. The molecule has 0 radical (unpaired) electrons. The molecule has 0 unspecified atom stereocenters. The molecular weight excluding hydrogens is 322 g/mol. The lowest BCUT2D eigenvalue weighted by Crippen LogP contribution is -2.37. The van der Waals surface area contributed by atoms with E-state index in [9.17, 15) is 4.79 Å². The van der Waals surface area contributed by atoms with E-state index in [-0.39, 0.29) is 17.7 Å². The number of Topliss-reactive ketones (excluding diaryl/α,β-unsaturated/α-hetero) is 1. The normalized spacial score (nSPS) is 20.8. The van der Waals surface area contributed by atoms with Crippen LogP contribution in [0.2, 0.25) is 5.02 Å². The first-order valence-electron chi connectivity index (χ1n) is 7.92. The smallest absolute Gasteiger partial charge is 0.165 e. The van der Waals surface area contributed by atoms with Crippen LogP contribution in [0.25, 0.3) is 0 Å². The van der Waals surface area contributed by atoms with E-state index in [0.717, 1.165) is 22.6 Å². The van der Waals surface area contributed by atoms with Gasteiger partial charge < -0.3 is 9.64 Å². The molecule has 2 aromatic carbocycles. The first-order chi connectivity index (χ1) is 11.5. The SMILES string of the molecule is COc1ccccc1N1C=C(C)C(=O)[C@@H](C)[C@H]1c1ccc(Cl)cc1. The predicted octanol–water partition coefficient (Wildman–Crippen LogP) is 5.02. The van der Waals surface area contributed by atoms with Crippen LogP contribution in [0.1, 0.15) is 25.5 Å². The minimum absolute atomic E-state index is 0.102. The average Bonchev–Trinajstić information content (AvgIpc) is 2.60. The third kappa shape index (κ3) is 2.92. The second-order valence-electron chi connectivity index (χ2n) is 6.04. The highest BCUT2D eigenvalue weighted by molar-refractivity contribution is 6.30. The van der Waals surface area contributed by atoms with Gasteiger partial charge >= 0.3 is 0 Å². The number of allylic oxidation sites excluding steroid dienone is 1. The summed E-state index contributed by atoms with van der Waals surface area (Å²) < 4.78 is 5.52. The van der Waals surface area contributed by atoms with Gasteiger partial charge in [-0.15, -0.1) is 0 Å². The van der Waals surface area contributed by atoms with Crippen molar-refractivity contribution in [2.24, 2.45) is 5.92 Å². The molecule has 0 N–H and O–H groups in total. The zero-order valence-corrected chi connectivity index (χ0v) is 14.7. The van der Waals surface area contributed by atoms with E-state index >= 15 is 0 Å². The Bertz CT molecular complexity index is 782. The maximum absolute atomic E-state index is 12.6. The molecule has 1 heterocycles. The highest BCUT2D eigenvalue weighted by atomic mass is 35.5. The summed E-state index contributed by atoms with van der Waals surface area (Å²) in [4.78, 5) is 14.7. The monoisotopic (exact) mass is 341 g/mol. The summed E-state index contributed by atoms with van der Waals surface area (Å²) in [7, 11) is 1.66. The van der Waals surface area contributed by atoms with Crippen molar-refractivity contribution in [3.63, 3.8) is 0 Å². The minimum Gasteiger partial charge on any atom is -0.495 e. The second-order valence-corrected chi connectivity index (χ2v) is 6.48. The number of benzene rings is 2. The third-order valence-electron chi connectivity index (χ3n) is 4.48. The van der Waals surface area contributed by atoms with Gasteiger partial charge in [0.2, 0.25) is 0 Å². The molecule has 4 heteroatoms. The molecule has 0 spiro atoms. The van der Waals surface area contributed by atoms with Crippen LogP contribution in [-0.2, 0) is 4.79 Å². The Kier molecular flexibility index (Phi) is 4.63. The Hall–Kier alpha value is -2.26. The van der Waals surface area contributed by atoms with Crippen LogP contribution in [0.15, 0.2) is 60.3 Å². The predicted molar refractivity (Wildman–Crippen MR) is 97.6 cm³/mol. The first-order valence-corrected chi connectivity index (χ1v) is 8.30. The van der Waals surface area contributed by atoms with Gasteiger partial charge in [-0.05, 0) is 36.8 Å². The first kappa shape index (κ1) is 16.6. The fourth-order valence-corrected chi connectivity index (χ4v) is 3.39. The zero-order valence-electron chi connectivity index (χ0n) is 14.0. The number of para-hydroxylation sites is 2. The average molecular weight is 342 g/mol. The largest absolute Gasteiger partial charge is 0.495 e. The molecule has 1 aliphatic rings. The lowest BCUT2D eigenvalue weighted by molar-refractivity contribution is -0.119. The number of ketones is 1. The molecule has 0 saturated heterocycles. The van der Waals surface area contributed by atoms with Gasteiger partial charge in [0.15, 0.2) is 5.78 Å². The minimum atomic E-state index is -0.166. The van der Waals surface area contributed by atoms with Gasteiger partial charge in [-0.2, -0.15) is 0 Å². The molecular formula is C20H20ClNO2. The Morgan fingerprint density at radius 2 is 1.75 bits per heavy atom. The maximum Gasteiger partial charge on any atom is 0.165 e. The van der Waals surface area contributed by atoms with Crippen molar-refractivity contribution in [3.05, 3.63) is 70.9 Å². The molecule has 124 valence electrons. The van der Waals surface area contributed by atoms with Crippen LogP contribution in [0.4, 0.5) is 5.69 Å². The van der Waals surface area contributed by atoms with Crippen molar-refractivity contribution in [1.29, 1.82) is 0 Å². The van der Waals surface area contributed by atoms with Crippen LogP contribution in [0.3, 0.4) is 0 Å². The van der Waals surface area contributed by atoms with Crippen molar-refractivity contribution in [2.45, 2.75) is 19.9 Å². The molecule has 0 fully saturated rings. The summed E-state index contributed by atoms with van der Waals surface area (Å²) in [5, 5.41) is 0.684. The third-order valence-corrected chi connectivity index (χ3v) is 4.74. The van der Waals surface area contributed by atoms with Crippen molar-refractivity contribution in [3.8, 4) is 5.75 Å².